The summed E-state index contributed by atoms with van der Waals surface area (Å²) >= 11 is 0. The number of carbonyl (C=O) groups is 6. The van der Waals surface area contributed by atoms with Crippen LogP contribution in [-0.4, -0.2) is 106 Å². The van der Waals surface area contributed by atoms with Gasteiger partial charge in [-0.3, -0.25) is 24.0 Å². The van der Waals surface area contributed by atoms with Gasteiger partial charge in [-0.2, -0.15) is 0 Å². The lowest BCUT2D eigenvalue weighted by Crippen LogP contribution is -2.61. The average molecular weight is 582 g/mol. The summed E-state index contributed by atoms with van der Waals surface area (Å²) in [6, 6.07) is 3.68. The van der Waals surface area contributed by atoms with E-state index in [2.05, 4.69) is 10.6 Å². The molecule has 42 heavy (non-hydrogen) atoms. The molecule has 6 atom stereocenters. The number of fused-ring (bicyclic) bond motifs is 3. The van der Waals surface area contributed by atoms with E-state index in [0.717, 1.165) is 12.8 Å². The molecule has 4 saturated heterocycles. The Kier molecular flexibility index (Phi) is 8.79. The largest absolute Gasteiger partial charge is 0.458 e. The van der Waals surface area contributed by atoms with Crippen molar-refractivity contribution in [1.82, 2.24) is 25.3 Å². The van der Waals surface area contributed by atoms with E-state index in [1.54, 1.807) is 35.2 Å². The van der Waals surface area contributed by atoms with Crippen molar-refractivity contribution < 1.29 is 33.5 Å². The first kappa shape index (κ1) is 29.5. The fraction of sp³-hybridized carbons (Fsp3) is 0.600. The monoisotopic (exact) mass is 581 g/mol. The SMILES string of the molecule is C[C@@H]1NC(=O)[C@@H](NC(=O)c2ccccc2)[C@@H](C)OC(=O)[C@@H]2CCCN2C(=O)[C@@H]2CCCCN2C(=O)[C@@H]2CCCN2C1=O. The van der Waals surface area contributed by atoms with E-state index in [1.807, 2.05) is 0 Å². The van der Waals surface area contributed by atoms with Gasteiger partial charge in [0.05, 0.1) is 0 Å². The maximum Gasteiger partial charge on any atom is 0.329 e. The van der Waals surface area contributed by atoms with E-state index in [4.69, 9.17) is 4.74 Å². The predicted octanol–water partition coefficient (Wildman–Crippen LogP) is 0.598. The van der Waals surface area contributed by atoms with Crippen LogP contribution in [0.1, 0.15) is 69.2 Å². The van der Waals surface area contributed by atoms with Gasteiger partial charge in [-0.15, -0.1) is 0 Å². The van der Waals surface area contributed by atoms with E-state index < -0.39 is 60.0 Å². The first-order valence-electron chi connectivity index (χ1n) is 15.0. The maximum absolute atomic E-state index is 13.9. The van der Waals surface area contributed by atoms with E-state index in [0.29, 0.717) is 57.3 Å². The minimum atomic E-state index is -1.32. The molecule has 0 radical (unpaired) electrons. The minimum absolute atomic E-state index is 0.274. The lowest BCUT2D eigenvalue weighted by molar-refractivity contribution is -0.162. The molecular formula is C30H39N5O7. The van der Waals surface area contributed by atoms with Gasteiger partial charge >= 0.3 is 5.97 Å². The average Bonchev–Trinajstić information content (AvgIpc) is 3.69. The molecule has 0 spiro atoms. The molecule has 0 bridgehead atoms. The van der Waals surface area contributed by atoms with Crippen LogP contribution >= 0.6 is 0 Å². The van der Waals surface area contributed by atoms with Crippen molar-refractivity contribution in [2.75, 3.05) is 19.6 Å². The van der Waals surface area contributed by atoms with Crippen LogP contribution in [0.2, 0.25) is 0 Å². The Balaban J connectivity index is 1.47. The summed E-state index contributed by atoms with van der Waals surface area (Å²) in [5.41, 5.74) is 0.308. The van der Waals surface area contributed by atoms with Crippen molar-refractivity contribution in [2.24, 2.45) is 0 Å². The minimum Gasteiger partial charge on any atom is -0.458 e. The van der Waals surface area contributed by atoms with Crippen molar-refractivity contribution in [1.29, 1.82) is 0 Å². The maximum atomic E-state index is 13.9. The molecule has 5 rings (SSSR count). The van der Waals surface area contributed by atoms with E-state index in [1.165, 1.54) is 23.6 Å². The molecule has 12 heteroatoms. The smallest absolute Gasteiger partial charge is 0.329 e. The van der Waals surface area contributed by atoms with Gasteiger partial charge in [0.1, 0.15) is 36.3 Å². The molecule has 0 aliphatic carbocycles. The second kappa shape index (κ2) is 12.5. The molecular weight excluding hydrogens is 542 g/mol. The molecule has 4 aliphatic heterocycles. The molecule has 4 heterocycles. The number of amides is 5. The number of nitrogens with zero attached hydrogens (tertiary/aromatic N) is 3. The third-order valence-corrected chi connectivity index (χ3v) is 8.81. The van der Waals surface area contributed by atoms with Crippen LogP contribution in [0, 0.1) is 0 Å². The Morgan fingerprint density at radius 1 is 0.762 bits per heavy atom. The molecule has 4 aliphatic rings. The summed E-state index contributed by atoms with van der Waals surface area (Å²) in [5.74, 6) is -2.92. The Labute approximate surface area is 245 Å². The van der Waals surface area contributed by atoms with Gasteiger partial charge in [-0.1, -0.05) is 18.2 Å². The van der Waals surface area contributed by atoms with Gasteiger partial charge in [0, 0.05) is 25.2 Å². The van der Waals surface area contributed by atoms with Crippen molar-refractivity contribution in [2.45, 2.75) is 95.1 Å². The number of ether oxygens (including phenoxy) is 1. The number of hydrogen-bond acceptors (Lipinski definition) is 7. The normalized spacial score (nSPS) is 31.2. The second-order valence-corrected chi connectivity index (χ2v) is 11.6. The fourth-order valence-electron chi connectivity index (χ4n) is 6.55. The van der Waals surface area contributed by atoms with Crippen LogP contribution in [-0.2, 0) is 28.7 Å². The van der Waals surface area contributed by atoms with E-state index in [-0.39, 0.29) is 11.8 Å². The number of cyclic esters (lactones) is 1. The standard InChI is InChI=1S/C30H39N5O7/c1-18-27(38)33-16-8-13-22(33)28(39)34-15-7-6-12-21(34)29(40)35-17-9-14-23(35)30(41)42-19(2)24(26(37)31-18)32-25(36)20-10-4-3-5-11-20/h3-5,10-11,18-19,21-24H,6-9,12-17H2,1-2H3,(H,31,37)(H,32,36)/t18-,19+,21-,22-,23-,24-/m0/s1. The quantitative estimate of drug-likeness (QED) is 0.487. The zero-order valence-corrected chi connectivity index (χ0v) is 24.1. The third kappa shape index (κ3) is 5.84. The van der Waals surface area contributed by atoms with E-state index >= 15 is 0 Å². The topological polar surface area (TPSA) is 145 Å². The Bertz CT molecular complexity index is 1240. The molecule has 0 unspecified atom stereocenters. The van der Waals surface area contributed by atoms with Crippen molar-refractivity contribution in [3.8, 4) is 0 Å². The first-order chi connectivity index (χ1) is 20.2. The lowest BCUT2D eigenvalue weighted by Gasteiger charge is -2.40. The number of piperidine rings is 1. The third-order valence-electron chi connectivity index (χ3n) is 8.81. The lowest BCUT2D eigenvalue weighted by atomic mass is 9.98. The van der Waals surface area contributed by atoms with E-state index in [9.17, 15) is 28.8 Å². The van der Waals surface area contributed by atoms with Gasteiger partial charge < -0.3 is 30.1 Å². The molecule has 12 nitrogen and oxygen atoms in total. The van der Waals surface area contributed by atoms with Crippen LogP contribution in [0.4, 0.5) is 0 Å². The Hall–Kier alpha value is -3.96. The summed E-state index contributed by atoms with van der Waals surface area (Å²) in [5, 5.41) is 5.33. The van der Waals surface area contributed by atoms with Crippen LogP contribution in [0.3, 0.4) is 0 Å². The zero-order chi connectivity index (χ0) is 30.0. The molecule has 0 saturated carbocycles. The van der Waals surface area contributed by atoms with Crippen LogP contribution in [0.5, 0.6) is 0 Å². The molecule has 4 fully saturated rings. The summed E-state index contributed by atoms with van der Waals surface area (Å²) in [7, 11) is 0. The number of carbonyl (C=O) groups excluding carboxylic acids is 6. The van der Waals surface area contributed by atoms with Crippen LogP contribution < -0.4 is 10.6 Å². The zero-order valence-electron chi connectivity index (χ0n) is 24.1. The fourth-order valence-corrected chi connectivity index (χ4v) is 6.55. The molecule has 5 amide bonds. The molecule has 1 aromatic rings. The van der Waals surface area contributed by atoms with Gasteiger partial charge in [0.25, 0.3) is 5.91 Å². The van der Waals surface area contributed by atoms with Crippen molar-refractivity contribution >= 4 is 35.5 Å². The molecule has 1 aromatic carbocycles. The highest BCUT2D eigenvalue weighted by Crippen LogP contribution is 2.29. The number of rotatable bonds is 2. The van der Waals surface area contributed by atoms with Crippen LogP contribution in [0.25, 0.3) is 0 Å². The van der Waals surface area contributed by atoms with Crippen molar-refractivity contribution in [3.63, 3.8) is 0 Å². The van der Waals surface area contributed by atoms with Crippen LogP contribution in [0.15, 0.2) is 30.3 Å². The first-order valence-corrected chi connectivity index (χ1v) is 15.0. The number of nitrogens with one attached hydrogen (secondary N) is 2. The van der Waals surface area contributed by atoms with Gasteiger partial charge in [0.2, 0.25) is 23.6 Å². The summed E-state index contributed by atoms with van der Waals surface area (Å²) in [6.45, 7) is 4.15. The Morgan fingerprint density at radius 3 is 1.98 bits per heavy atom. The highest BCUT2D eigenvalue weighted by molar-refractivity contribution is 5.99. The number of benzene rings is 1. The number of esters is 1. The molecule has 2 N–H and O–H groups in total. The Morgan fingerprint density at radius 2 is 1.31 bits per heavy atom. The molecule has 226 valence electrons. The predicted molar refractivity (Wildman–Crippen MR) is 150 cm³/mol. The number of hydrogen-bond donors (Lipinski definition) is 2. The summed E-state index contributed by atoms with van der Waals surface area (Å²) in [6.07, 6.45) is 2.99. The van der Waals surface area contributed by atoms with Crippen molar-refractivity contribution in [3.05, 3.63) is 35.9 Å². The van der Waals surface area contributed by atoms with Gasteiger partial charge in [0.15, 0.2) is 0 Å². The summed E-state index contributed by atoms with van der Waals surface area (Å²) < 4.78 is 5.74. The summed E-state index contributed by atoms with van der Waals surface area (Å²) in [4.78, 5) is 85.9. The second-order valence-electron chi connectivity index (χ2n) is 11.6. The highest BCUT2D eigenvalue weighted by atomic mass is 16.5. The van der Waals surface area contributed by atoms with Gasteiger partial charge in [-0.05, 0) is 70.9 Å². The molecule has 0 aromatic heterocycles. The van der Waals surface area contributed by atoms with Gasteiger partial charge in [-0.25, -0.2) is 4.79 Å². The highest BCUT2D eigenvalue weighted by Gasteiger charge is 2.46.